The first-order valence-electron chi connectivity index (χ1n) is 14.7. The Balaban J connectivity index is 0.000000408. The number of carbonyl (C=O) groups excluding carboxylic acids is 2. The van der Waals surface area contributed by atoms with Crippen molar-refractivity contribution in [1.82, 2.24) is 20.4 Å². The number of benzene rings is 2. The van der Waals surface area contributed by atoms with Crippen LogP contribution in [0.3, 0.4) is 0 Å². The molecule has 5 N–H and O–H groups in total. The number of hydrogen-bond donors (Lipinski definition) is 5. The van der Waals surface area contributed by atoms with Gasteiger partial charge in [-0.05, 0) is 74.8 Å². The third kappa shape index (κ3) is 12.3. The van der Waals surface area contributed by atoms with Gasteiger partial charge in [0, 0.05) is 29.9 Å². The van der Waals surface area contributed by atoms with Gasteiger partial charge in [0.2, 0.25) is 5.91 Å². The van der Waals surface area contributed by atoms with Crippen molar-refractivity contribution >= 4 is 29.4 Å². The van der Waals surface area contributed by atoms with Gasteiger partial charge >= 0.3 is 24.3 Å². The van der Waals surface area contributed by atoms with Gasteiger partial charge in [0.25, 0.3) is 5.91 Å². The Bertz CT molecular complexity index is 1620. The van der Waals surface area contributed by atoms with Crippen LogP contribution in [0, 0.1) is 5.92 Å². The number of likely N-dealkylation sites (N-methyl/N-ethyl adjacent to an activating group) is 1. The van der Waals surface area contributed by atoms with Crippen molar-refractivity contribution in [3.63, 3.8) is 0 Å². The molecule has 1 atom stereocenters. The normalized spacial score (nSPS) is 15.2. The smallest absolute Gasteiger partial charge is 0.490 e. The van der Waals surface area contributed by atoms with E-state index in [1.807, 2.05) is 55.5 Å². The molecule has 5 rings (SSSR count). The lowest BCUT2D eigenvalue weighted by atomic mass is 9.94. The summed E-state index contributed by atoms with van der Waals surface area (Å²) in [6.45, 7) is 1.50. The Morgan fingerprint density at radius 2 is 1.62 bits per heavy atom. The van der Waals surface area contributed by atoms with Gasteiger partial charge in [-0.15, -0.1) is 0 Å². The molecule has 2 heterocycles. The number of H-pyrrole nitrogens is 1. The number of ether oxygens (including phenoxy) is 2. The number of carboxylic acid groups (broad SMARTS) is 2. The highest BCUT2D eigenvalue weighted by atomic mass is 19.4. The van der Waals surface area contributed by atoms with Crippen molar-refractivity contribution in [1.29, 1.82) is 0 Å². The number of amides is 2. The summed E-state index contributed by atoms with van der Waals surface area (Å²) in [7, 11) is 3.96. The number of halogens is 6. The van der Waals surface area contributed by atoms with E-state index in [1.54, 1.807) is 12.3 Å². The number of aromatic amines is 1. The van der Waals surface area contributed by atoms with Crippen LogP contribution in [-0.2, 0) is 20.8 Å². The van der Waals surface area contributed by atoms with Crippen molar-refractivity contribution < 1.29 is 65.2 Å². The highest BCUT2D eigenvalue weighted by Crippen LogP contribution is 2.33. The number of carboxylic acids is 2. The average Bonchev–Trinajstić information content (AvgIpc) is 3.68. The van der Waals surface area contributed by atoms with Crippen molar-refractivity contribution in [3.05, 3.63) is 59.9 Å². The Morgan fingerprint density at radius 1 is 0.980 bits per heavy atom. The molecule has 0 saturated heterocycles. The maximum absolute atomic E-state index is 13.2. The lowest BCUT2D eigenvalue weighted by Gasteiger charge is -2.25. The van der Waals surface area contributed by atoms with Crippen molar-refractivity contribution in [2.24, 2.45) is 5.92 Å². The number of aliphatic carboxylic acids is 2. The number of carbonyl (C=O) groups is 4. The molecule has 2 aromatic carbocycles. The van der Waals surface area contributed by atoms with Crippen LogP contribution in [0.2, 0.25) is 0 Å². The van der Waals surface area contributed by atoms with Crippen LogP contribution < -0.4 is 20.1 Å². The quantitative estimate of drug-likeness (QED) is 0.199. The predicted octanol–water partition coefficient (Wildman–Crippen LogP) is 4.37. The van der Waals surface area contributed by atoms with E-state index in [2.05, 4.69) is 20.8 Å². The van der Waals surface area contributed by atoms with Crippen LogP contribution in [0.25, 0.3) is 11.1 Å². The fraction of sp³-hybridized carbons (Fsp3) is 0.387. The first-order chi connectivity index (χ1) is 23.3. The summed E-state index contributed by atoms with van der Waals surface area (Å²) in [4.78, 5) is 45.5. The average molecular weight is 718 g/mol. The summed E-state index contributed by atoms with van der Waals surface area (Å²) >= 11 is 0. The largest absolute Gasteiger partial charge is 0.492 e. The molecule has 1 fully saturated rings. The van der Waals surface area contributed by atoms with Crippen LogP contribution in [-0.4, -0.2) is 101 Å². The zero-order valence-corrected chi connectivity index (χ0v) is 26.5. The van der Waals surface area contributed by atoms with E-state index >= 15 is 0 Å². The van der Waals surface area contributed by atoms with E-state index in [0.29, 0.717) is 30.0 Å². The van der Waals surface area contributed by atoms with Crippen molar-refractivity contribution in [2.75, 3.05) is 39.2 Å². The molecule has 272 valence electrons. The number of rotatable bonds is 9. The van der Waals surface area contributed by atoms with Crippen LogP contribution in [0.4, 0.5) is 32.0 Å². The lowest BCUT2D eigenvalue weighted by molar-refractivity contribution is -0.193. The lowest BCUT2D eigenvalue weighted by Crippen LogP contribution is -2.33. The summed E-state index contributed by atoms with van der Waals surface area (Å²) in [6.07, 6.45) is -4.05. The van der Waals surface area contributed by atoms with E-state index in [-0.39, 0.29) is 30.4 Å². The molecule has 1 saturated carbocycles. The standard InChI is InChI=1S/C27H31N5O4.2C2HF3O2/c1-32(2)9-10-35-25-13-17(21-14-28-29-15-21)3-7-23(25)31-27(34)20-12-19-11-18(4-8-24(19)36-16-20)26(33)30-22-5-6-22;2*3-2(4,5)1(6)7/h3-4,7-8,11,13-15,20,22H,5-6,9-10,12,16H2,1-2H3,(H,28,29)(H,30,33)(H,31,34);2*(H,6,7). The zero-order chi connectivity index (χ0) is 37.2. The fourth-order valence-corrected chi connectivity index (χ4v) is 4.11. The molecular weight excluding hydrogens is 684 g/mol. The second-order valence-corrected chi connectivity index (χ2v) is 11.2. The number of nitrogens with one attached hydrogen (secondary N) is 3. The number of hydrogen-bond acceptors (Lipinski definition) is 8. The first-order valence-corrected chi connectivity index (χ1v) is 14.7. The molecule has 0 spiro atoms. The number of alkyl halides is 6. The summed E-state index contributed by atoms with van der Waals surface area (Å²) in [5.74, 6) is -4.81. The first kappa shape index (κ1) is 39.1. The van der Waals surface area contributed by atoms with E-state index in [4.69, 9.17) is 29.3 Å². The number of aromatic nitrogens is 2. The molecule has 1 aliphatic carbocycles. The van der Waals surface area contributed by atoms with Gasteiger partial charge in [0.15, 0.2) is 0 Å². The number of fused-ring (bicyclic) bond motifs is 1. The van der Waals surface area contributed by atoms with E-state index in [0.717, 1.165) is 41.8 Å². The summed E-state index contributed by atoms with van der Waals surface area (Å²) < 4.78 is 75.4. The second kappa shape index (κ2) is 16.9. The fourth-order valence-electron chi connectivity index (χ4n) is 4.11. The van der Waals surface area contributed by atoms with Gasteiger partial charge in [-0.25, -0.2) is 9.59 Å². The Labute approximate surface area is 280 Å². The maximum Gasteiger partial charge on any atom is 0.490 e. The molecule has 19 heteroatoms. The topological polar surface area (TPSA) is 183 Å². The molecule has 50 heavy (non-hydrogen) atoms. The third-order valence-electron chi connectivity index (χ3n) is 6.86. The van der Waals surface area contributed by atoms with Gasteiger partial charge in [-0.2, -0.15) is 31.4 Å². The van der Waals surface area contributed by atoms with Gasteiger partial charge in [0.1, 0.15) is 24.7 Å². The van der Waals surface area contributed by atoms with Gasteiger partial charge < -0.3 is 35.2 Å². The number of nitrogens with zero attached hydrogens (tertiary/aromatic N) is 2. The molecule has 1 aromatic heterocycles. The van der Waals surface area contributed by atoms with Crippen LogP contribution >= 0.6 is 0 Å². The van der Waals surface area contributed by atoms with Gasteiger partial charge in [-0.3, -0.25) is 14.7 Å². The van der Waals surface area contributed by atoms with E-state index in [1.165, 1.54) is 0 Å². The second-order valence-electron chi connectivity index (χ2n) is 11.2. The summed E-state index contributed by atoms with van der Waals surface area (Å²) in [5.41, 5.74) is 3.94. The van der Waals surface area contributed by atoms with Gasteiger partial charge in [0.05, 0.1) is 17.8 Å². The molecule has 2 amide bonds. The molecule has 1 unspecified atom stereocenters. The molecular formula is C31H33F6N5O8. The Hall–Kier alpha value is -5.33. The minimum atomic E-state index is -5.08. The van der Waals surface area contributed by atoms with Gasteiger partial charge in [-0.1, -0.05) is 6.07 Å². The maximum atomic E-state index is 13.2. The molecule has 0 radical (unpaired) electrons. The highest BCUT2D eigenvalue weighted by molar-refractivity contribution is 5.96. The Kier molecular flexibility index (Phi) is 13.2. The van der Waals surface area contributed by atoms with E-state index < -0.39 is 24.3 Å². The minimum Gasteiger partial charge on any atom is -0.492 e. The highest BCUT2D eigenvalue weighted by Gasteiger charge is 2.39. The van der Waals surface area contributed by atoms with Crippen LogP contribution in [0.15, 0.2) is 48.8 Å². The molecule has 2 aliphatic rings. The molecule has 1 aliphatic heterocycles. The van der Waals surface area contributed by atoms with Crippen molar-refractivity contribution in [2.45, 2.75) is 37.7 Å². The molecule has 13 nitrogen and oxygen atoms in total. The summed E-state index contributed by atoms with van der Waals surface area (Å²) in [5, 5.41) is 27.1. The van der Waals surface area contributed by atoms with E-state index in [9.17, 15) is 35.9 Å². The summed E-state index contributed by atoms with van der Waals surface area (Å²) in [6, 6.07) is 11.4. The number of anilines is 1. The molecule has 3 aromatic rings. The third-order valence-corrected chi connectivity index (χ3v) is 6.86. The SMILES string of the molecule is CN(C)CCOc1cc(-c2cn[nH]c2)ccc1NC(=O)C1COc2ccc(C(=O)NC3CC3)cc2C1.O=C(O)C(F)(F)F.O=C(O)C(F)(F)F. The monoisotopic (exact) mass is 717 g/mol. The van der Waals surface area contributed by atoms with Crippen LogP contribution in [0.1, 0.15) is 28.8 Å². The van der Waals surface area contributed by atoms with Crippen molar-refractivity contribution in [3.8, 4) is 22.6 Å². The zero-order valence-electron chi connectivity index (χ0n) is 26.5. The predicted molar refractivity (Wildman–Crippen MR) is 164 cm³/mol. The molecule has 0 bridgehead atoms. The minimum absolute atomic E-state index is 0.0795. The van der Waals surface area contributed by atoms with Crippen LogP contribution in [0.5, 0.6) is 11.5 Å². The Morgan fingerprint density at radius 3 is 2.16 bits per heavy atom.